The molecule has 0 saturated carbocycles. The summed E-state index contributed by atoms with van der Waals surface area (Å²) in [5, 5.41) is 8.29. The van der Waals surface area contributed by atoms with Gasteiger partial charge in [-0.2, -0.15) is 5.10 Å². The van der Waals surface area contributed by atoms with E-state index in [0.29, 0.717) is 16.1 Å². The third kappa shape index (κ3) is 2.65. The van der Waals surface area contributed by atoms with E-state index in [4.69, 9.17) is 11.6 Å². The van der Waals surface area contributed by atoms with E-state index in [-0.39, 0.29) is 0 Å². The molecule has 84 valence electrons. The summed E-state index contributed by atoms with van der Waals surface area (Å²) in [4.78, 5) is 8.31. The average Bonchev–Trinajstić information content (AvgIpc) is 2.63. The molecular weight excluding hydrogens is 246 g/mol. The molecule has 0 atom stereocenters. The fourth-order valence-corrected chi connectivity index (χ4v) is 1.78. The van der Waals surface area contributed by atoms with Crippen molar-refractivity contribution >= 4 is 35.0 Å². The molecule has 5 nitrogen and oxygen atoms in total. The second-order valence-corrected chi connectivity index (χ2v) is 4.22. The lowest BCUT2D eigenvalue weighted by molar-refractivity contribution is 0.771. The van der Waals surface area contributed by atoms with Crippen LogP contribution in [-0.4, -0.2) is 26.0 Å². The molecule has 0 amide bonds. The van der Waals surface area contributed by atoms with Crippen molar-refractivity contribution in [3.05, 3.63) is 23.5 Å². The lowest BCUT2D eigenvalue weighted by Crippen LogP contribution is -1.98. The molecule has 2 aromatic rings. The first kappa shape index (κ1) is 11.2. The van der Waals surface area contributed by atoms with Crippen LogP contribution in [0.2, 0.25) is 5.15 Å². The molecule has 2 heterocycles. The van der Waals surface area contributed by atoms with Crippen LogP contribution in [0.15, 0.2) is 23.5 Å². The van der Waals surface area contributed by atoms with Gasteiger partial charge in [-0.25, -0.2) is 9.97 Å². The molecule has 0 aliphatic carbocycles. The van der Waals surface area contributed by atoms with Gasteiger partial charge in [-0.05, 0) is 6.26 Å². The first-order valence-corrected chi connectivity index (χ1v) is 6.13. The number of hydrogen-bond donors (Lipinski definition) is 1. The van der Waals surface area contributed by atoms with Gasteiger partial charge in [-0.3, -0.25) is 4.68 Å². The number of aryl methyl sites for hydroxylation is 1. The standard InChI is InChI=1S/C9H10ClN5S/c1-15-4-3-7(14-15)12-8-5-6(10)11-9(13-8)16-2/h3-5H,1-2H3,(H,11,12,13,14). The largest absolute Gasteiger partial charge is 0.323 e. The fourth-order valence-electron chi connectivity index (χ4n) is 1.17. The zero-order valence-corrected chi connectivity index (χ0v) is 10.4. The van der Waals surface area contributed by atoms with Gasteiger partial charge in [0.15, 0.2) is 11.0 Å². The summed E-state index contributed by atoms with van der Waals surface area (Å²) >= 11 is 7.31. The van der Waals surface area contributed by atoms with Crippen LogP contribution in [0.3, 0.4) is 0 Å². The summed E-state index contributed by atoms with van der Waals surface area (Å²) in [6.07, 6.45) is 3.75. The Morgan fingerprint density at radius 3 is 2.81 bits per heavy atom. The second kappa shape index (κ2) is 4.71. The van der Waals surface area contributed by atoms with Gasteiger partial charge in [0.25, 0.3) is 0 Å². The summed E-state index contributed by atoms with van der Waals surface area (Å²) in [6.45, 7) is 0. The minimum atomic E-state index is 0.415. The molecule has 0 aliphatic heterocycles. The van der Waals surface area contributed by atoms with Crippen molar-refractivity contribution in [2.24, 2.45) is 7.05 Å². The van der Waals surface area contributed by atoms with Crippen LogP contribution < -0.4 is 5.32 Å². The normalized spacial score (nSPS) is 10.4. The number of aromatic nitrogens is 4. The minimum Gasteiger partial charge on any atom is -0.323 e. The van der Waals surface area contributed by atoms with Crippen LogP contribution in [0.25, 0.3) is 0 Å². The van der Waals surface area contributed by atoms with Gasteiger partial charge in [0, 0.05) is 25.4 Å². The predicted molar refractivity (Wildman–Crippen MR) is 65.3 cm³/mol. The number of nitrogens with zero attached hydrogens (tertiary/aromatic N) is 4. The van der Waals surface area contributed by atoms with Crippen molar-refractivity contribution in [2.75, 3.05) is 11.6 Å². The van der Waals surface area contributed by atoms with Crippen molar-refractivity contribution in [1.82, 2.24) is 19.7 Å². The van der Waals surface area contributed by atoms with Gasteiger partial charge < -0.3 is 5.32 Å². The smallest absolute Gasteiger partial charge is 0.190 e. The topological polar surface area (TPSA) is 55.6 Å². The molecule has 7 heteroatoms. The van der Waals surface area contributed by atoms with Crippen molar-refractivity contribution < 1.29 is 0 Å². The fraction of sp³-hybridized carbons (Fsp3) is 0.222. The van der Waals surface area contributed by atoms with Gasteiger partial charge in [0.2, 0.25) is 0 Å². The van der Waals surface area contributed by atoms with Crippen molar-refractivity contribution in [1.29, 1.82) is 0 Å². The van der Waals surface area contributed by atoms with Crippen LogP contribution in [0.5, 0.6) is 0 Å². The highest BCUT2D eigenvalue weighted by atomic mass is 35.5. The van der Waals surface area contributed by atoms with Crippen LogP contribution in [-0.2, 0) is 7.05 Å². The van der Waals surface area contributed by atoms with E-state index >= 15 is 0 Å². The Kier molecular flexibility index (Phi) is 3.31. The Morgan fingerprint density at radius 1 is 1.38 bits per heavy atom. The van der Waals surface area contributed by atoms with Gasteiger partial charge in [0.05, 0.1) is 0 Å². The Hall–Kier alpha value is -1.27. The second-order valence-electron chi connectivity index (χ2n) is 3.06. The molecule has 0 aliphatic rings. The predicted octanol–water partition coefficient (Wildman–Crippen LogP) is 2.33. The molecule has 0 fully saturated rings. The van der Waals surface area contributed by atoms with Gasteiger partial charge in [0.1, 0.15) is 11.0 Å². The number of anilines is 2. The average molecular weight is 256 g/mol. The lowest BCUT2D eigenvalue weighted by atomic mass is 10.5. The number of hydrogen-bond acceptors (Lipinski definition) is 5. The summed E-state index contributed by atoms with van der Waals surface area (Å²) in [5.74, 6) is 1.37. The maximum atomic E-state index is 5.87. The summed E-state index contributed by atoms with van der Waals surface area (Å²) in [5.41, 5.74) is 0. The van der Waals surface area contributed by atoms with E-state index < -0.39 is 0 Å². The van der Waals surface area contributed by atoms with Crippen molar-refractivity contribution in [2.45, 2.75) is 5.16 Å². The Balaban J connectivity index is 2.24. The van der Waals surface area contributed by atoms with Gasteiger partial charge in [-0.1, -0.05) is 23.4 Å². The third-order valence-corrected chi connectivity index (χ3v) is 2.57. The maximum absolute atomic E-state index is 5.87. The molecule has 0 saturated heterocycles. The first-order valence-electron chi connectivity index (χ1n) is 4.52. The van der Waals surface area contributed by atoms with Gasteiger partial charge in [-0.15, -0.1) is 0 Å². The summed E-state index contributed by atoms with van der Waals surface area (Å²) in [6, 6.07) is 3.52. The van der Waals surface area contributed by atoms with Gasteiger partial charge >= 0.3 is 0 Å². The Labute approximate surface area is 102 Å². The highest BCUT2D eigenvalue weighted by Gasteiger charge is 2.04. The molecule has 2 rings (SSSR count). The molecular formula is C9H10ClN5S. The molecule has 16 heavy (non-hydrogen) atoms. The van der Waals surface area contributed by atoms with E-state index in [1.807, 2.05) is 25.6 Å². The van der Waals surface area contributed by atoms with Crippen molar-refractivity contribution in [3.63, 3.8) is 0 Å². The number of rotatable bonds is 3. The SMILES string of the molecule is CSc1nc(Cl)cc(Nc2ccn(C)n2)n1. The molecule has 0 unspecified atom stereocenters. The number of thioether (sulfide) groups is 1. The molecule has 0 spiro atoms. The monoisotopic (exact) mass is 255 g/mol. The van der Waals surface area contributed by atoms with Crippen LogP contribution in [0, 0.1) is 0 Å². The van der Waals surface area contributed by atoms with Crippen LogP contribution >= 0.6 is 23.4 Å². The zero-order valence-electron chi connectivity index (χ0n) is 8.81. The number of halogens is 1. The van der Waals surface area contributed by atoms with E-state index in [1.54, 1.807) is 10.7 Å². The summed E-state index contributed by atoms with van der Waals surface area (Å²) in [7, 11) is 1.85. The molecule has 0 bridgehead atoms. The quantitative estimate of drug-likeness (QED) is 0.518. The lowest BCUT2D eigenvalue weighted by Gasteiger charge is -2.03. The van der Waals surface area contributed by atoms with Crippen LogP contribution in [0.4, 0.5) is 11.6 Å². The molecule has 0 radical (unpaired) electrons. The zero-order chi connectivity index (χ0) is 11.5. The maximum Gasteiger partial charge on any atom is 0.190 e. The molecule has 2 aromatic heterocycles. The van der Waals surface area contributed by atoms with E-state index in [9.17, 15) is 0 Å². The van der Waals surface area contributed by atoms with Crippen LogP contribution in [0.1, 0.15) is 0 Å². The minimum absolute atomic E-state index is 0.415. The van der Waals surface area contributed by atoms with Crippen molar-refractivity contribution in [3.8, 4) is 0 Å². The Bertz CT molecular complexity index is 498. The highest BCUT2D eigenvalue weighted by Crippen LogP contribution is 2.19. The molecule has 1 N–H and O–H groups in total. The number of nitrogens with one attached hydrogen (secondary N) is 1. The van der Waals surface area contributed by atoms with E-state index in [2.05, 4.69) is 20.4 Å². The summed E-state index contributed by atoms with van der Waals surface area (Å²) < 4.78 is 1.71. The first-order chi connectivity index (χ1) is 7.67. The third-order valence-electron chi connectivity index (χ3n) is 1.83. The molecule has 0 aromatic carbocycles. The highest BCUT2D eigenvalue weighted by molar-refractivity contribution is 7.98. The Morgan fingerprint density at radius 2 is 2.19 bits per heavy atom. The van der Waals surface area contributed by atoms with E-state index in [1.165, 1.54) is 11.8 Å². The van der Waals surface area contributed by atoms with E-state index in [0.717, 1.165) is 5.82 Å².